The smallest absolute Gasteiger partial charge is 0.262 e. The van der Waals surface area contributed by atoms with Gasteiger partial charge in [0.1, 0.15) is 46.1 Å². The summed E-state index contributed by atoms with van der Waals surface area (Å²) < 4.78 is 25.8. The zero-order valence-corrected chi connectivity index (χ0v) is 24.3. The first-order valence-corrected chi connectivity index (χ1v) is 14.3. The Bertz CT molecular complexity index is 1820. The molecule has 44 heavy (non-hydrogen) atoms. The average molecular weight is 598 g/mol. The molecule has 2 aromatic carbocycles. The molecule has 0 unspecified atom stereocenters. The Hall–Kier alpha value is -4.90. The molecular weight excluding hydrogens is 565 g/mol. The summed E-state index contributed by atoms with van der Waals surface area (Å²) in [5.74, 6) is -0.762. The van der Waals surface area contributed by atoms with E-state index < -0.39 is 28.7 Å². The number of nitrogens with zero attached hydrogens (tertiary/aromatic N) is 3. The van der Waals surface area contributed by atoms with Crippen LogP contribution in [0, 0.1) is 5.82 Å². The Balaban J connectivity index is 1.34. The average Bonchev–Trinajstić information content (AvgIpc) is 3.75. The lowest BCUT2D eigenvalue weighted by Gasteiger charge is -2.26. The number of ether oxygens (including phenoxy) is 2. The maximum Gasteiger partial charge on any atom is 0.262 e. The third-order valence-corrected chi connectivity index (χ3v) is 8.09. The quantitative estimate of drug-likeness (QED) is 0.145. The number of nitrogens with two attached hydrogens (primary N) is 2. The van der Waals surface area contributed by atoms with E-state index in [-0.39, 0.29) is 37.0 Å². The van der Waals surface area contributed by atoms with Gasteiger partial charge in [-0.3, -0.25) is 14.6 Å². The van der Waals surface area contributed by atoms with Crippen LogP contribution in [0.15, 0.2) is 65.8 Å². The van der Waals surface area contributed by atoms with Gasteiger partial charge in [-0.1, -0.05) is 6.07 Å². The molecule has 4 aromatic rings. The van der Waals surface area contributed by atoms with Crippen LogP contribution in [0.4, 0.5) is 4.39 Å². The second-order valence-corrected chi connectivity index (χ2v) is 11.8. The fraction of sp³-hybridized carbons (Fsp3) is 0.303. The van der Waals surface area contributed by atoms with Crippen molar-refractivity contribution in [3.63, 3.8) is 0 Å². The van der Waals surface area contributed by atoms with E-state index in [0.717, 1.165) is 18.2 Å². The van der Waals surface area contributed by atoms with Gasteiger partial charge in [0.2, 0.25) is 0 Å². The van der Waals surface area contributed by atoms with E-state index in [0.29, 0.717) is 39.4 Å². The van der Waals surface area contributed by atoms with Crippen molar-refractivity contribution in [3.8, 4) is 22.8 Å². The van der Waals surface area contributed by atoms with Crippen LogP contribution in [-0.4, -0.2) is 45.4 Å². The summed E-state index contributed by atoms with van der Waals surface area (Å²) in [6, 6.07) is 14.4. The van der Waals surface area contributed by atoms with Crippen LogP contribution >= 0.6 is 0 Å². The number of hydrogen-bond acceptors (Lipinski definition) is 7. The van der Waals surface area contributed by atoms with Gasteiger partial charge < -0.3 is 26.0 Å². The fourth-order valence-corrected chi connectivity index (χ4v) is 5.28. The van der Waals surface area contributed by atoms with E-state index >= 15 is 0 Å². The second kappa shape index (κ2) is 11.0. The molecule has 0 spiro atoms. The minimum Gasteiger partial charge on any atom is -0.489 e. The molecule has 2 aromatic heterocycles. The van der Waals surface area contributed by atoms with Crippen molar-refractivity contribution in [3.05, 3.63) is 83.4 Å². The van der Waals surface area contributed by atoms with Crippen molar-refractivity contribution in [2.24, 2.45) is 16.5 Å². The lowest BCUT2D eigenvalue weighted by Crippen LogP contribution is -2.36. The summed E-state index contributed by atoms with van der Waals surface area (Å²) in [7, 11) is 0. The number of aromatic nitrogens is 2. The molecule has 2 atom stereocenters. The number of benzene rings is 2. The van der Waals surface area contributed by atoms with Gasteiger partial charge in [-0.2, -0.15) is 4.99 Å². The molecule has 1 fully saturated rings. The summed E-state index contributed by atoms with van der Waals surface area (Å²) in [6.45, 7) is 3.13. The van der Waals surface area contributed by atoms with Crippen LogP contribution in [0.2, 0.25) is 0 Å². The Morgan fingerprint density at radius 2 is 1.93 bits per heavy atom. The summed E-state index contributed by atoms with van der Waals surface area (Å²) in [5, 5.41) is 12.5. The van der Waals surface area contributed by atoms with Crippen molar-refractivity contribution < 1.29 is 28.6 Å². The van der Waals surface area contributed by atoms with Crippen molar-refractivity contribution in [1.82, 2.24) is 9.97 Å². The normalized spacial score (nSPS) is 18.6. The highest BCUT2D eigenvalue weighted by molar-refractivity contribution is 6.01. The second-order valence-electron chi connectivity index (χ2n) is 11.8. The van der Waals surface area contributed by atoms with Crippen LogP contribution in [0.25, 0.3) is 22.2 Å². The number of hydrogen-bond donors (Lipinski definition) is 3. The Morgan fingerprint density at radius 1 is 1.18 bits per heavy atom. The molecule has 2 aliphatic rings. The fourth-order valence-electron chi connectivity index (χ4n) is 5.28. The highest BCUT2D eigenvalue weighted by Gasteiger charge is 2.46. The number of pyridine rings is 2. The lowest BCUT2D eigenvalue weighted by atomic mass is 9.81. The largest absolute Gasteiger partial charge is 0.489 e. The van der Waals surface area contributed by atoms with Gasteiger partial charge in [0.05, 0.1) is 11.8 Å². The number of ketones is 1. The number of carbonyl (C=O) groups is 2. The first-order valence-electron chi connectivity index (χ1n) is 14.3. The zero-order chi connectivity index (χ0) is 31.2. The Morgan fingerprint density at radius 3 is 2.64 bits per heavy atom. The first kappa shape index (κ1) is 29.2. The molecule has 11 heteroatoms. The van der Waals surface area contributed by atoms with E-state index in [1.807, 2.05) is 6.07 Å². The molecule has 0 saturated heterocycles. The molecular formula is C33H32FN5O5. The highest BCUT2D eigenvalue weighted by Crippen LogP contribution is 2.46. The predicted molar refractivity (Wildman–Crippen MR) is 162 cm³/mol. The van der Waals surface area contributed by atoms with Crippen molar-refractivity contribution in [1.29, 1.82) is 0 Å². The van der Waals surface area contributed by atoms with Crippen molar-refractivity contribution in [2.75, 3.05) is 6.61 Å². The minimum atomic E-state index is -1.60. The van der Waals surface area contributed by atoms with E-state index in [1.165, 1.54) is 24.3 Å². The van der Waals surface area contributed by atoms with Gasteiger partial charge in [-0.15, -0.1) is 0 Å². The SMILES string of the molecule is C[C@](O)(CCC(=O)c1cc(OC2CC2)c2ncccc2c1)c1cc2c(c(-c3ccc(F)cc3)n1)OC[C@]2(C)C(=O)N=C(N)N. The molecule has 1 aliphatic carbocycles. The van der Waals surface area contributed by atoms with Gasteiger partial charge in [-0.25, -0.2) is 9.37 Å². The number of aliphatic hydroxyl groups is 1. The number of Topliss-reactive ketones (excluding diaryl/α,β-unsaturated/α-hetero) is 1. The summed E-state index contributed by atoms with van der Waals surface area (Å²) in [6.07, 6.45) is 3.75. The van der Waals surface area contributed by atoms with E-state index in [1.54, 1.807) is 44.3 Å². The number of guanidine groups is 1. The standard InChI is InChI=1S/C33H32FN5O5/c1-32(30(41)39-31(35)36)17-43-29-23(32)16-26(38-28(29)18-5-7-21(34)8-6-18)33(2,42)12-11-24(40)20-14-19-4-3-13-37-27(19)25(15-20)44-22-9-10-22/h3-8,13-16,22,42H,9-12,17H2,1-2H3,(H4,35,36,39,41)/t32-,33-/m0/s1. The van der Waals surface area contributed by atoms with Gasteiger partial charge in [0.25, 0.3) is 5.91 Å². The lowest BCUT2D eigenvalue weighted by molar-refractivity contribution is -0.123. The topological polar surface area (TPSA) is 163 Å². The van der Waals surface area contributed by atoms with Crippen molar-refractivity contribution in [2.45, 2.75) is 56.7 Å². The van der Waals surface area contributed by atoms with Gasteiger partial charge in [-0.05, 0) is 81.6 Å². The molecule has 1 aliphatic heterocycles. The number of halogens is 1. The van der Waals surface area contributed by atoms with E-state index in [4.69, 9.17) is 25.9 Å². The van der Waals surface area contributed by atoms with Crippen LogP contribution in [0.5, 0.6) is 11.5 Å². The molecule has 0 radical (unpaired) electrons. The molecule has 1 amide bonds. The van der Waals surface area contributed by atoms with Crippen molar-refractivity contribution >= 4 is 28.6 Å². The number of fused-ring (bicyclic) bond motifs is 2. The first-order chi connectivity index (χ1) is 20.9. The van der Waals surface area contributed by atoms with Gasteiger partial charge >= 0.3 is 0 Å². The van der Waals surface area contributed by atoms with Crippen LogP contribution in [0.1, 0.15) is 61.1 Å². The number of aliphatic imine (C=N–C) groups is 1. The molecule has 0 bridgehead atoms. The molecule has 3 heterocycles. The summed E-state index contributed by atoms with van der Waals surface area (Å²) in [4.78, 5) is 39.5. The molecule has 1 saturated carbocycles. The third-order valence-electron chi connectivity index (χ3n) is 8.09. The van der Waals surface area contributed by atoms with E-state index in [9.17, 15) is 19.1 Å². The Labute approximate surface area is 252 Å². The maximum absolute atomic E-state index is 13.8. The Kier molecular flexibility index (Phi) is 7.28. The molecule has 6 rings (SSSR count). The molecule has 10 nitrogen and oxygen atoms in total. The predicted octanol–water partition coefficient (Wildman–Crippen LogP) is 4.30. The van der Waals surface area contributed by atoms with Crippen LogP contribution in [-0.2, 0) is 15.8 Å². The molecule has 226 valence electrons. The van der Waals surface area contributed by atoms with Gasteiger partial charge in [0, 0.05) is 34.7 Å². The third kappa shape index (κ3) is 5.58. The number of carbonyl (C=O) groups excluding carboxylic acids is 2. The highest BCUT2D eigenvalue weighted by atomic mass is 19.1. The summed E-state index contributed by atoms with van der Waals surface area (Å²) >= 11 is 0. The monoisotopic (exact) mass is 597 g/mol. The molecule has 5 N–H and O–H groups in total. The minimum absolute atomic E-state index is 0.00696. The van der Waals surface area contributed by atoms with E-state index in [2.05, 4.69) is 9.98 Å². The maximum atomic E-state index is 13.8. The summed E-state index contributed by atoms with van der Waals surface area (Å²) in [5.41, 5.74) is 10.7. The van der Waals surface area contributed by atoms with Gasteiger partial charge in [0.15, 0.2) is 11.7 Å². The number of amides is 1. The number of rotatable bonds is 9. The van der Waals surface area contributed by atoms with Crippen LogP contribution in [0.3, 0.4) is 0 Å². The zero-order valence-electron chi connectivity index (χ0n) is 24.3. The van der Waals surface area contributed by atoms with Crippen LogP contribution < -0.4 is 20.9 Å².